The molecule has 1 N–H and O–H groups in total. The minimum Gasteiger partial charge on any atom is -0.493 e. The Bertz CT molecular complexity index is 873. The molecule has 0 unspecified atom stereocenters. The highest BCUT2D eigenvalue weighted by atomic mass is 35.5. The third kappa shape index (κ3) is 6.24. The second-order valence-corrected chi connectivity index (χ2v) is 5.63. The van der Waals surface area contributed by atoms with Crippen molar-refractivity contribution in [3.05, 3.63) is 59.1 Å². The van der Waals surface area contributed by atoms with Crippen LogP contribution in [0.4, 0.5) is 14.5 Å². The molecule has 9 heteroatoms. The summed E-state index contributed by atoms with van der Waals surface area (Å²) >= 11 is 5.91. The minimum atomic E-state index is -3.07. The average Bonchev–Trinajstić information content (AvgIpc) is 2.67. The van der Waals surface area contributed by atoms with Crippen LogP contribution in [0.25, 0.3) is 6.08 Å². The van der Waals surface area contributed by atoms with Crippen LogP contribution in [0.5, 0.6) is 11.5 Å². The van der Waals surface area contributed by atoms with E-state index >= 15 is 0 Å². The van der Waals surface area contributed by atoms with Crippen molar-refractivity contribution in [3.8, 4) is 11.5 Å². The predicted octanol–water partition coefficient (Wildman–Crippen LogP) is 4.15. The van der Waals surface area contributed by atoms with E-state index in [4.69, 9.17) is 21.1 Å². The lowest BCUT2D eigenvalue weighted by molar-refractivity contribution is -0.142. The van der Waals surface area contributed by atoms with Gasteiger partial charge in [-0.2, -0.15) is 8.78 Å². The van der Waals surface area contributed by atoms with Crippen LogP contribution in [0.2, 0.25) is 5.02 Å². The molecule has 0 saturated heterocycles. The van der Waals surface area contributed by atoms with Crippen molar-refractivity contribution in [3.63, 3.8) is 0 Å². The predicted molar refractivity (Wildman–Crippen MR) is 99.7 cm³/mol. The summed E-state index contributed by atoms with van der Waals surface area (Å²) in [5.74, 6) is -1.58. The van der Waals surface area contributed by atoms with Crippen molar-refractivity contribution < 1.29 is 32.6 Å². The fraction of sp³-hybridized carbons (Fsp3) is 0.158. The molecule has 28 heavy (non-hydrogen) atoms. The van der Waals surface area contributed by atoms with Gasteiger partial charge in [0.15, 0.2) is 18.1 Å². The zero-order valence-corrected chi connectivity index (χ0v) is 15.4. The molecule has 0 aliphatic heterocycles. The molecule has 0 radical (unpaired) electrons. The number of anilines is 1. The number of carbonyl (C=O) groups is 2. The van der Waals surface area contributed by atoms with Crippen molar-refractivity contribution in [1.82, 2.24) is 0 Å². The Hall–Kier alpha value is -3.13. The Morgan fingerprint density at radius 1 is 1.18 bits per heavy atom. The first-order valence-corrected chi connectivity index (χ1v) is 8.29. The molecule has 1 amide bonds. The third-order valence-electron chi connectivity index (χ3n) is 3.33. The molecule has 0 fully saturated rings. The van der Waals surface area contributed by atoms with E-state index in [9.17, 15) is 18.4 Å². The van der Waals surface area contributed by atoms with Gasteiger partial charge in [-0.05, 0) is 24.3 Å². The van der Waals surface area contributed by atoms with Gasteiger partial charge in [0.05, 0.1) is 17.8 Å². The van der Waals surface area contributed by atoms with Crippen molar-refractivity contribution in [2.24, 2.45) is 0 Å². The number of hydrogen-bond acceptors (Lipinski definition) is 5. The van der Waals surface area contributed by atoms with Crippen LogP contribution in [-0.4, -0.2) is 32.2 Å². The van der Waals surface area contributed by atoms with E-state index in [1.165, 1.54) is 25.3 Å². The molecule has 2 aromatic carbocycles. The van der Waals surface area contributed by atoms with E-state index in [2.05, 4.69) is 10.1 Å². The first-order chi connectivity index (χ1) is 13.4. The van der Waals surface area contributed by atoms with Gasteiger partial charge in [0, 0.05) is 11.6 Å². The number of ether oxygens (including phenoxy) is 3. The van der Waals surface area contributed by atoms with Crippen LogP contribution >= 0.6 is 11.6 Å². The standard InChI is InChI=1S/C19H16ClF2NO5/c1-26-15-8-4-5-12(18(15)28-19(21)22)9-10-17(25)27-11-16(24)23-14-7-3-2-6-13(14)20/h2-10,19H,11H2,1H3,(H,23,24)/b10-9+. The number of halogens is 3. The van der Waals surface area contributed by atoms with Crippen LogP contribution in [0.1, 0.15) is 5.56 Å². The number of rotatable bonds is 8. The number of amides is 1. The SMILES string of the molecule is COc1cccc(/C=C/C(=O)OCC(=O)Nc2ccccc2Cl)c1OC(F)F. The van der Waals surface area contributed by atoms with Gasteiger partial charge in [0.25, 0.3) is 5.91 Å². The van der Waals surface area contributed by atoms with E-state index in [-0.39, 0.29) is 17.1 Å². The van der Waals surface area contributed by atoms with Crippen LogP contribution in [0, 0.1) is 0 Å². The molecule has 2 rings (SSSR count). The summed E-state index contributed by atoms with van der Waals surface area (Å²) in [5.41, 5.74) is 0.558. The van der Waals surface area contributed by atoms with Crippen LogP contribution in [-0.2, 0) is 14.3 Å². The first-order valence-electron chi connectivity index (χ1n) is 7.91. The number of nitrogens with one attached hydrogen (secondary N) is 1. The summed E-state index contributed by atoms with van der Waals surface area (Å²) in [5, 5.41) is 2.83. The fourth-order valence-electron chi connectivity index (χ4n) is 2.13. The zero-order chi connectivity index (χ0) is 20.5. The average molecular weight is 412 g/mol. The molecule has 0 aliphatic carbocycles. The quantitative estimate of drug-likeness (QED) is 0.522. The zero-order valence-electron chi connectivity index (χ0n) is 14.7. The smallest absolute Gasteiger partial charge is 0.387 e. The second kappa shape index (κ2) is 10.3. The summed E-state index contributed by atoms with van der Waals surface area (Å²) in [6.45, 7) is -3.61. The van der Waals surface area contributed by atoms with E-state index in [0.29, 0.717) is 10.7 Å². The lowest BCUT2D eigenvalue weighted by atomic mass is 10.1. The van der Waals surface area contributed by atoms with Gasteiger partial charge >= 0.3 is 12.6 Å². The van der Waals surface area contributed by atoms with Crippen LogP contribution < -0.4 is 14.8 Å². The van der Waals surface area contributed by atoms with Crippen molar-refractivity contribution >= 4 is 35.2 Å². The number of benzene rings is 2. The molecule has 0 heterocycles. The van der Waals surface area contributed by atoms with Gasteiger partial charge in [-0.1, -0.05) is 35.9 Å². The van der Waals surface area contributed by atoms with Crippen molar-refractivity contribution in [2.45, 2.75) is 6.61 Å². The molecule has 0 saturated carbocycles. The minimum absolute atomic E-state index is 0.0786. The Morgan fingerprint density at radius 3 is 2.61 bits per heavy atom. The van der Waals surface area contributed by atoms with E-state index < -0.39 is 25.1 Å². The molecular weight excluding hydrogens is 396 g/mol. The summed E-state index contributed by atoms with van der Waals surface area (Å²) < 4.78 is 39.4. The highest BCUT2D eigenvalue weighted by molar-refractivity contribution is 6.33. The highest BCUT2D eigenvalue weighted by Gasteiger charge is 2.14. The number of alkyl halides is 2. The maximum absolute atomic E-state index is 12.6. The number of para-hydroxylation sites is 2. The Morgan fingerprint density at radius 2 is 1.93 bits per heavy atom. The van der Waals surface area contributed by atoms with Gasteiger partial charge in [-0.3, -0.25) is 4.79 Å². The molecule has 6 nitrogen and oxygen atoms in total. The molecule has 0 spiro atoms. The van der Waals surface area contributed by atoms with Gasteiger partial charge in [-0.25, -0.2) is 4.79 Å². The van der Waals surface area contributed by atoms with E-state index in [0.717, 1.165) is 6.08 Å². The lowest BCUT2D eigenvalue weighted by Crippen LogP contribution is -2.20. The number of hydrogen-bond donors (Lipinski definition) is 1. The molecule has 2 aromatic rings. The number of methoxy groups -OCH3 is 1. The monoisotopic (exact) mass is 411 g/mol. The van der Waals surface area contributed by atoms with Gasteiger partial charge in [0.2, 0.25) is 0 Å². The van der Waals surface area contributed by atoms with Gasteiger partial charge < -0.3 is 19.5 Å². The normalized spacial score (nSPS) is 10.8. The molecule has 0 aliphatic rings. The molecule has 0 atom stereocenters. The summed E-state index contributed by atoms with van der Waals surface area (Å²) in [7, 11) is 1.30. The number of esters is 1. The van der Waals surface area contributed by atoms with Crippen LogP contribution in [0.15, 0.2) is 48.5 Å². The Balaban J connectivity index is 1.96. The third-order valence-corrected chi connectivity index (χ3v) is 3.66. The lowest BCUT2D eigenvalue weighted by Gasteiger charge is -2.12. The number of carbonyl (C=O) groups excluding carboxylic acids is 2. The summed E-state index contributed by atoms with van der Waals surface area (Å²) in [6, 6.07) is 11.0. The van der Waals surface area contributed by atoms with Crippen molar-refractivity contribution in [2.75, 3.05) is 19.0 Å². The summed E-state index contributed by atoms with van der Waals surface area (Å²) in [6.07, 6.45) is 2.20. The highest BCUT2D eigenvalue weighted by Crippen LogP contribution is 2.33. The maximum atomic E-state index is 12.6. The second-order valence-electron chi connectivity index (χ2n) is 5.23. The fourth-order valence-corrected chi connectivity index (χ4v) is 2.31. The maximum Gasteiger partial charge on any atom is 0.387 e. The first kappa shape index (κ1) is 21.2. The Kier molecular flexibility index (Phi) is 7.76. The van der Waals surface area contributed by atoms with Gasteiger partial charge in [0.1, 0.15) is 0 Å². The van der Waals surface area contributed by atoms with Crippen LogP contribution in [0.3, 0.4) is 0 Å². The topological polar surface area (TPSA) is 73.9 Å². The van der Waals surface area contributed by atoms with E-state index in [1.54, 1.807) is 30.3 Å². The van der Waals surface area contributed by atoms with Crippen molar-refractivity contribution in [1.29, 1.82) is 0 Å². The molecular formula is C19H16ClF2NO5. The summed E-state index contributed by atoms with van der Waals surface area (Å²) in [4.78, 5) is 23.6. The Labute approximate surface area is 164 Å². The largest absolute Gasteiger partial charge is 0.493 e. The molecule has 148 valence electrons. The van der Waals surface area contributed by atoms with Gasteiger partial charge in [-0.15, -0.1) is 0 Å². The molecule has 0 aromatic heterocycles. The molecule has 0 bridgehead atoms. The van der Waals surface area contributed by atoms with E-state index in [1.807, 2.05) is 0 Å².